The molecule has 20 heavy (non-hydrogen) atoms. The minimum absolute atomic E-state index is 0.551. The van der Waals surface area contributed by atoms with Crippen molar-refractivity contribution in [2.45, 2.75) is 19.8 Å². The van der Waals surface area contributed by atoms with Crippen LogP contribution in [-0.4, -0.2) is 28.5 Å². The molecule has 0 radical (unpaired) electrons. The number of pyridine rings is 1. The number of nitrogen functional groups attached to an aromatic ring is 1. The fourth-order valence-corrected chi connectivity index (χ4v) is 1.86. The number of hydrogen-bond acceptors (Lipinski definition) is 6. The summed E-state index contributed by atoms with van der Waals surface area (Å²) in [5, 5.41) is 3.16. The normalized spacial score (nSPS) is 10.3. The fraction of sp³-hybridized carbons (Fsp3) is 0.357. The molecule has 0 amide bonds. The van der Waals surface area contributed by atoms with Crippen LogP contribution in [-0.2, 0) is 0 Å². The maximum atomic E-state index is 6.15. The summed E-state index contributed by atoms with van der Waals surface area (Å²) in [6, 6.07) is 3.77. The van der Waals surface area contributed by atoms with Gasteiger partial charge in [0.15, 0.2) is 11.6 Å². The van der Waals surface area contributed by atoms with Crippen LogP contribution >= 0.6 is 0 Å². The number of nitrogens with two attached hydrogens (primary N) is 1. The van der Waals surface area contributed by atoms with Crippen molar-refractivity contribution in [2.24, 2.45) is 0 Å². The van der Waals surface area contributed by atoms with Crippen LogP contribution in [0, 0.1) is 0 Å². The zero-order valence-electron chi connectivity index (χ0n) is 11.9. The van der Waals surface area contributed by atoms with Crippen LogP contribution in [0.25, 0.3) is 0 Å². The first-order valence-electron chi connectivity index (χ1n) is 6.71. The molecule has 0 atom stereocenters. The van der Waals surface area contributed by atoms with Gasteiger partial charge in [-0.1, -0.05) is 13.3 Å². The van der Waals surface area contributed by atoms with E-state index in [1.54, 1.807) is 12.4 Å². The molecule has 0 saturated heterocycles. The molecule has 2 aromatic heterocycles. The number of nitrogens with zero attached hydrogens (tertiary/aromatic N) is 4. The zero-order valence-corrected chi connectivity index (χ0v) is 11.9. The number of anilines is 4. The average Bonchev–Trinajstić information content (AvgIpc) is 2.48. The van der Waals surface area contributed by atoms with Gasteiger partial charge in [-0.2, -0.15) is 0 Å². The third-order valence-corrected chi connectivity index (χ3v) is 3.00. The molecule has 0 saturated carbocycles. The predicted molar refractivity (Wildman–Crippen MR) is 82.1 cm³/mol. The van der Waals surface area contributed by atoms with Gasteiger partial charge >= 0.3 is 0 Å². The van der Waals surface area contributed by atoms with Crippen molar-refractivity contribution >= 4 is 23.0 Å². The molecule has 0 bridgehead atoms. The first kappa shape index (κ1) is 14.0. The first-order valence-corrected chi connectivity index (χ1v) is 6.71. The Hall–Kier alpha value is -2.37. The third kappa shape index (κ3) is 3.34. The number of rotatable bonds is 6. The van der Waals surface area contributed by atoms with Gasteiger partial charge in [-0.15, -0.1) is 0 Å². The lowest BCUT2D eigenvalue weighted by Crippen LogP contribution is -2.21. The Morgan fingerprint density at radius 2 is 2.20 bits per heavy atom. The molecular weight excluding hydrogens is 252 g/mol. The average molecular weight is 272 g/mol. The quantitative estimate of drug-likeness (QED) is 0.840. The Bertz CT molecular complexity index is 543. The Morgan fingerprint density at radius 3 is 2.90 bits per heavy atom. The maximum absolute atomic E-state index is 6.15. The minimum atomic E-state index is 0.551. The van der Waals surface area contributed by atoms with E-state index in [-0.39, 0.29) is 0 Å². The molecule has 0 aromatic carbocycles. The standard InChI is InChI=1S/C14H20N6/c1-3-4-8-20(2)14-12(15)13(17-10-18-14)19-11-6-5-7-16-9-11/h5-7,9-10H,3-4,8,15H2,1-2H3,(H,17,18,19). The second-order valence-electron chi connectivity index (χ2n) is 4.60. The number of aromatic nitrogens is 3. The van der Waals surface area contributed by atoms with Crippen molar-refractivity contribution < 1.29 is 0 Å². The first-order chi connectivity index (χ1) is 9.72. The highest BCUT2D eigenvalue weighted by atomic mass is 15.2. The van der Waals surface area contributed by atoms with Gasteiger partial charge in [0.2, 0.25) is 0 Å². The van der Waals surface area contributed by atoms with Crippen LogP contribution in [0.15, 0.2) is 30.9 Å². The Morgan fingerprint density at radius 1 is 1.35 bits per heavy atom. The molecule has 0 fully saturated rings. The van der Waals surface area contributed by atoms with Crippen molar-refractivity contribution in [3.63, 3.8) is 0 Å². The molecule has 0 aliphatic heterocycles. The summed E-state index contributed by atoms with van der Waals surface area (Å²) in [6.45, 7) is 3.08. The molecule has 2 heterocycles. The summed E-state index contributed by atoms with van der Waals surface area (Å²) in [7, 11) is 1.99. The van der Waals surface area contributed by atoms with Crippen molar-refractivity contribution in [1.82, 2.24) is 15.0 Å². The fourth-order valence-electron chi connectivity index (χ4n) is 1.86. The third-order valence-electron chi connectivity index (χ3n) is 3.00. The van der Waals surface area contributed by atoms with Gasteiger partial charge in [0.1, 0.15) is 12.0 Å². The summed E-state index contributed by atoms with van der Waals surface area (Å²) in [4.78, 5) is 14.6. The van der Waals surface area contributed by atoms with Crippen LogP contribution < -0.4 is 16.0 Å². The Kier molecular flexibility index (Phi) is 4.70. The molecule has 2 aromatic rings. The van der Waals surface area contributed by atoms with E-state index in [1.165, 1.54) is 6.33 Å². The lowest BCUT2D eigenvalue weighted by atomic mass is 10.3. The Balaban J connectivity index is 2.19. The van der Waals surface area contributed by atoms with Crippen LogP contribution in [0.2, 0.25) is 0 Å². The van der Waals surface area contributed by atoms with E-state index in [1.807, 2.05) is 19.2 Å². The lowest BCUT2D eigenvalue weighted by Gasteiger charge is -2.20. The van der Waals surface area contributed by atoms with Crippen LogP contribution in [0.1, 0.15) is 19.8 Å². The van der Waals surface area contributed by atoms with Gasteiger partial charge in [-0.25, -0.2) is 9.97 Å². The number of unbranched alkanes of at least 4 members (excludes halogenated alkanes) is 1. The summed E-state index contributed by atoms with van der Waals surface area (Å²) in [5.41, 5.74) is 7.55. The summed E-state index contributed by atoms with van der Waals surface area (Å²) < 4.78 is 0. The summed E-state index contributed by atoms with van der Waals surface area (Å²) in [6.07, 6.45) is 7.20. The van der Waals surface area contributed by atoms with E-state index in [2.05, 4.69) is 32.1 Å². The minimum Gasteiger partial charge on any atom is -0.393 e. The monoisotopic (exact) mass is 272 g/mol. The van der Waals surface area contributed by atoms with Crippen molar-refractivity contribution in [2.75, 3.05) is 29.5 Å². The maximum Gasteiger partial charge on any atom is 0.159 e. The molecular formula is C14H20N6. The van der Waals surface area contributed by atoms with Crippen LogP contribution in [0.4, 0.5) is 23.0 Å². The van der Waals surface area contributed by atoms with E-state index in [9.17, 15) is 0 Å². The summed E-state index contributed by atoms with van der Waals surface area (Å²) >= 11 is 0. The van der Waals surface area contributed by atoms with Crippen molar-refractivity contribution in [3.05, 3.63) is 30.9 Å². The number of hydrogen-bond donors (Lipinski definition) is 2. The van der Waals surface area contributed by atoms with Gasteiger partial charge in [0.05, 0.1) is 11.9 Å². The molecule has 6 nitrogen and oxygen atoms in total. The molecule has 0 spiro atoms. The highest BCUT2D eigenvalue weighted by Gasteiger charge is 2.11. The molecule has 0 aliphatic rings. The van der Waals surface area contributed by atoms with Gasteiger partial charge in [0, 0.05) is 19.8 Å². The van der Waals surface area contributed by atoms with Gasteiger partial charge in [-0.05, 0) is 18.6 Å². The van der Waals surface area contributed by atoms with E-state index in [4.69, 9.17) is 5.73 Å². The van der Waals surface area contributed by atoms with E-state index < -0.39 is 0 Å². The van der Waals surface area contributed by atoms with Crippen LogP contribution in [0.3, 0.4) is 0 Å². The Labute approximate surface area is 119 Å². The molecule has 3 N–H and O–H groups in total. The molecule has 0 aliphatic carbocycles. The largest absolute Gasteiger partial charge is 0.393 e. The van der Waals surface area contributed by atoms with Gasteiger partial charge in [-0.3, -0.25) is 4.98 Å². The SMILES string of the molecule is CCCCN(C)c1ncnc(Nc2cccnc2)c1N. The van der Waals surface area contributed by atoms with Gasteiger partial charge in [0.25, 0.3) is 0 Å². The smallest absolute Gasteiger partial charge is 0.159 e. The van der Waals surface area contributed by atoms with Crippen molar-refractivity contribution in [1.29, 1.82) is 0 Å². The molecule has 106 valence electrons. The second kappa shape index (κ2) is 6.70. The highest BCUT2D eigenvalue weighted by Crippen LogP contribution is 2.27. The second-order valence-corrected chi connectivity index (χ2v) is 4.60. The molecule has 0 unspecified atom stereocenters. The lowest BCUT2D eigenvalue weighted by molar-refractivity contribution is 0.759. The highest BCUT2D eigenvalue weighted by molar-refractivity contribution is 5.77. The molecule has 2 rings (SSSR count). The van der Waals surface area contributed by atoms with Gasteiger partial charge < -0.3 is 16.0 Å². The predicted octanol–water partition coefficient (Wildman–Crippen LogP) is 2.43. The molecule has 6 heteroatoms. The van der Waals surface area contributed by atoms with E-state index >= 15 is 0 Å². The van der Waals surface area contributed by atoms with E-state index in [0.717, 1.165) is 30.9 Å². The van der Waals surface area contributed by atoms with E-state index in [0.29, 0.717) is 11.5 Å². The van der Waals surface area contributed by atoms with Crippen LogP contribution in [0.5, 0.6) is 0 Å². The van der Waals surface area contributed by atoms with Crippen molar-refractivity contribution in [3.8, 4) is 0 Å². The number of nitrogens with one attached hydrogen (secondary N) is 1. The summed E-state index contributed by atoms with van der Waals surface area (Å²) in [5.74, 6) is 1.35. The zero-order chi connectivity index (χ0) is 14.4. The topological polar surface area (TPSA) is 80.0 Å².